The van der Waals surface area contributed by atoms with Crippen LogP contribution in [0.15, 0.2) is 24.3 Å². The Morgan fingerprint density at radius 2 is 1.67 bits per heavy atom. The zero-order valence-electron chi connectivity index (χ0n) is 12.7. The van der Waals surface area contributed by atoms with Crippen molar-refractivity contribution in [2.24, 2.45) is 0 Å². The van der Waals surface area contributed by atoms with Crippen molar-refractivity contribution >= 4 is 11.9 Å². The number of rotatable bonds is 4. The van der Waals surface area contributed by atoms with Gasteiger partial charge in [0.2, 0.25) is 0 Å². The number of benzene rings is 1. The quantitative estimate of drug-likeness (QED) is 0.893. The van der Waals surface area contributed by atoms with Gasteiger partial charge in [0, 0.05) is 5.56 Å². The molecule has 2 N–H and O–H groups in total. The largest absolute Gasteiger partial charge is 0.480 e. The van der Waals surface area contributed by atoms with Crippen molar-refractivity contribution in [1.82, 2.24) is 5.32 Å². The third-order valence-electron chi connectivity index (χ3n) is 4.21. The highest BCUT2D eigenvalue weighted by molar-refractivity contribution is 5.97. The second-order valence-corrected chi connectivity index (χ2v) is 6.34. The molecule has 1 amide bonds. The summed E-state index contributed by atoms with van der Waals surface area (Å²) in [7, 11) is 0. The molecule has 0 aromatic heterocycles. The lowest BCUT2D eigenvalue weighted by Gasteiger charge is -2.23. The Bertz CT molecular complexity index is 513. The van der Waals surface area contributed by atoms with Gasteiger partial charge in [0.15, 0.2) is 0 Å². The molecule has 0 spiro atoms. The minimum atomic E-state index is -1.26. The number of hydrogen-bond donors (Lipinski definition) is 2. The molecule has 0 atom stereocenters. The summed E-state index contributed by atoms with van der Waals surface area (Å²) >= 11 is 0. The average Bonchev–Trinajstić information content (AvgIpc) is 2.48. The SMILES string of the molecule is CC(C)(NC(=O)c1ccc(C2CCCCC2)cc1)C(=O)O. The van der Waals surface area contributed by atoms with Crippen molar-refractivity contribution < 1.29 is 14.7 Å². The fourth-order valence-corrected chi connectivity index (χ4v) is 2.75. The summed E-state index contributed by atoms with van der Waals surface area (Å²) in [6.45, 7) is 2.95. The highest BCUT2D eigenvalue weighted by Crippen LogP contribution is 2.32. The van der Waals surface area contributed by atoms with Gasteiger partial charge in [-0.25, -0.2) is 4.79 Å². The van der Waals surface area contributed by atoms with Crippen molar-refractivity contribution in [1.29, 1.82) is 0 Å². The van der Waals surface area contributed by atoms with Gasteiger partial charge in [-0.3, -0.25) is 4.79 Å². The number of amides is 1. The van der Waals surface area contributed by atoms with Crippen molar-refractivity contribution in [3.63, 3.8) is 0 Å². The normalized spacial score (nSPS) is 16.5. The minimum Gasteiger partial charge on any atom is -0.480 e. The zero-order valence-corrected chi connectivity index (χ0v) is 12.7. The fourth-order valence-electron chi connectivity index (χ4n) is 2.75. The number of carboxylic acid groups (broad SMARTS) is 1. The molecule has 0 saturated heterocycles. The van der Waals surface area contributed by atoms with Gasteiger partial charge in [0.05, 0.1) is 0 Å². The number of carboxylic acids is 1. The van der Waals surface area contributed by atoms with Crippen LogP contribution < -0.4 is 5.32 Å². The molecular weight excluding hydrogens is 266 g/mol. The van der Waals surface area contributed by atoms with E-state index in [0.29, 0.717) is 11.5 Å². The van der Waals surface area contributed by atoms with Gasteiger partial charge < -0.3 is 10.4 Å². The first kappa shape index (κ1) is 15.5. The van der Waals surface area contributed by atoms with Crippen molar-refractivity contribution in [3.05, 3.63) is 35.4 Å². The molecule has 0 heterocycles. The Morgan fingerprint density at radius 3 is 2.19 bits per heavy atom. The lowest BCUT2D eigenvalue weighted by molar-refractivity contribution is -0.143. The molecule has 21 heavy (non-hydrogen) atoms. The highest BCUT2D eigenvalue weighted by Gasteiger charge is 2.29. The summed E-state index contributed by atoms with van der Waals surface area (Å²) in [6, 6.07) is 7.58. The maximum Gasteiger partial charge on any atom is 0.328 e. The van der Waals surface area contributed by atoms with Crippen LogP contribution >= 0.6 is 0 Å². The molecule has 1 aromatic rings. The summed E-state index contributed by atoms with van der Waals surface area (Å²) < 4.78 is 0. The highest BCUT2D eigenvalue weighted by atomic mass is 16.4. The van der Waals surface area contributed by atoms with Crippen LogP contribution in [-0.4, -0.2) is 22.5 Å². The summed E-state index contributed by atoms with van der Waals surface area (Å²) in [5.74, 6) is -0.793. The first-order valence-corrected chi connectivity index (χ1v) is 7.56. The van der Waals surface area contributed by atoms with Gasteiger partial charge in [-0.05, 0) is 50.3 Å². The van der Waals surface area contributed by atoms with Crippen LogP contribution in [0.3, 0.4) is 0 Å². The minimum absolute atomic E-state index is 0.349. The molecule has 2 rings (SSSR count). The maximum atomic E-state index is 12.1. The third-order valence-corrected chi connectivity index (χ3v) is 4.21. The molecule has 4 heteroatoms. The number of hydrogen-bond acceptors (Lipinski definition) is 2. The van der Waals surface area contributed by atoms with Crippen molar-refractivity contribution in [2.45, 2.75) is 57.4 Å². The molecule has 1 fully saturated rings. The van der Waals surface area contributed by atoms with Crippen LogP contribution in [0, 0.1) is 0 Å². The van der Waals surface area contributed by atoms with E-state index in [-0.39, 0.29) is 5.91 Å². The molecule has 1 aromatic carbocycles. The van der Waals surface area contributed by atoms with E-state index in [9.17, 15) is 9.59 Å². The summed E-state index contributed by atoms with van der Waals surface area (Å²) in [6.07, 6.45) is 6.32. The smallest absolute Gasteiger partial charge is 0.328 e. The molecule has 0 aliphatic heterocycles. The molecule has 4 nitrogen and oxygen atoms in total. The first-order chi connectivity index (χ1) is 9.90. The van der Waals surface area contributed by atoms with Gasteiger partial charge in [-0.2, -0.15) is 0 Å². The first-order valence-electron chi connectivity index (χ1n) is 7.56. The van der Waals surface area contributed by atoms with Gasteiger partial charge >= 0.3 is 5.97 Å². The Kier molecular flexibility index (Phi) is 4.66. The second kappa shape index (κ2) is 6.29. The molecule has 1 aliphatic rings. The Labute approximate surface area is 125 Å². The van der Waals surface area contributed by atoms with E-state index in [2.05, 4.69) is 5.32 Å². The van der Waals surface area contributed by atoms with Gasteiger partial charge in [-0.15, -0.1) is 0 Å². The fraction of sp³-hybridized carbons (Fsp3) is 0.529. The summed E-state index contributed by atoms with van der Waals surface area (Å²) in [5.41, 5.74) is 0.520. The van der Waals surface area contributed by atoms with Crippen LogP contribution in [0.5, 0.6) is 0 Å². The Hall–Kier alpha value is -1.84. The van der Waals surface area contributed by atoms with Crippen LogP contribution in [0.4, 0.5) is 0 Å². The van der Waals surface area contributed by atoms with Crippen molar-refractivity contribution in [3.8, 4) is 0 Å². The van der Waals surface area contributed by atoms with E-state index in [1.54, 1.807) is 12.1 Å². The monoisotopic (exact) mass is 289 g/mol. The molecule has 0 unspecified atom stereocenters. The van der Waals surface area contributed by atoms with E-state index in [4.69, 9.17) is 5.11 Å². The second-order valence-electron chi connectivity index (χ2n) is 6.34. The van der Waals surface area contributed by atoms with Crippen LogP contribution in [0.25, 0.3) is 0 Å². The molecule has 0 bridgehead atoms. The van der Waals surface area contributed by atoms with Crippen LogP contribution in [0.1, 0.15) is 67.8 Å². The number of carbonyl (C=O) groups excluding carboxylic acids is 1. The average molecular weight is 289 g/mol. The van der Waals surface area contributed by atoms with E-state index in [0.717, 1.165) is 0 Å². The zero-order chi connectivity index (χ0) is 15.5. The van der Waals surface area contributed by atoms with Crippen LogP contribution in [0.2, 0.25) is 0 Å². The van der Waals surface area contributed by atoms with E-state index in [1.165, 1.54) is 51.5 Å². The summed E-state index contributed by atoms with van der Waals surface area (Å²) in [4.78, 5) is 23.1. The lowest BCUT2D eigenvalue weighted by atomic mass is 9.84. The predicted octanol–water partition coefficient (Wildman–Crippen LogP) is 3.33. The maximum absolute atomic E-state index is 12.1. The van der Waals surface area contributed by atoms with Gasteiger partial charge in [-0.1, -0.05) is 31.4 Å². The Morgan fingerprint density at radius 1 is 1.10 bits per heavy atom. The number of nitrogens with one attached hydrogen (secondary N) is 1. The third kappa shape index (κ3) is 3.84. The summed E-state index contributed by atoms with van der Waals surface area (Å²) in [5, 5.41) is 11.6. The topological polar surface area (TPSA) is 66.4 Å². The lowest BCUT2D eigenvalue weighted by Crippen LogP contribution is -2.49. The predicted molar refractivity (Wildman–Crippen MR) is 81.4 cm³/mol. The number of aliphatic carboxylic acids is 1. The molecular formula is C17H23NO3. The van der Waals surface area contributed by atoms with Gasteiger partial charge in [0.1, 0.15) is 5.54 Å². The van der Waals surface area contributed by atoms with E-state index < -0.39 is 11.5 Å². The number of carbonyl (C=O) groups is 2. The standard InChI is InChI=1S/C17H23NO3/c1-17(2,16(20)21)18-15(19)14-10-8-13(9-11-14)12-6-4-3-5-7-12/h8-12H,3-7H2,1-2H3,(H,18,19)(H,20,21). The van der Waals surface area contributed by atoms with Gasteiger partial charge in [0.25, 0.3) is 5.91 Å². The molecule has 1 aliphatic carbocycles. The van der Waals surface area contributed by atoms with Crippen LogP contribution in [-0.2, 0) is 4.79 Å². The van der Waals surface area contributed by atoms with Crippen molar-refractivity contribution in [2.75, 3.05) is 0 Å². The molecule has 114 valence electrons. The van der Waals surface area contributed by atoms with E-state index >= 15 is 0 Å². The Balaban J connectivity index is 2.04. The van der Waals surface area contributed by atoms with E-state index in [1.807, 2.05) is 12.1 Å². The molecule has 0 radical (unpaired) electrons. The molecule has 1 saturated carbocycles.